The number of hydrogen-bond acceptors (Lipinski definition) is 9. The first kappa shape index (κ1) is 26.8. The van der Waals surface area contributed by atoms with Crippen molar-refractivity contribution in [3.05, 3.63) is 36.3 Å². The van der Waals surface area contributed by atoms with Crippen LogP contribution in [0.3, 0.4) is 0 Å². The van der Waals surface area contributed by atoms with Gasteiger partial charge in [0.1, 0.15) is 11.9 Å². The van der Waals surface area contributed by atoms with Crippen LogP contribution >= 0.6 is 0 Å². The standard InChI is InChI=1S/C28H40N6O4/c1-18(17-37-4)31-27-30-15-24-22(14-23(34(24)32-27)19-5-7-21(35)8-6-19)20-9-10-29-26(13-20)33-11-12-38-25(16-33)28(2,3)36/h9-10,13-15,18-19,21,25,35-36H,5-8,11-12,16-17H2,1-4H3,(H,31,32)/t18-,19-,21-,25+/m0/s1. The van der Waals surface area contributed by atoms with Crippen molar-refractivity contribution in [2.45, 2.75) is 76.2 Å². The molecule has 10 nitrogen and oxygen atoms in total. The molecule has 3 N–H and O–H groups in total. The number of nitrogens with zero attached hydrogens (tertiary/aromatic N) is 5. The average molecular weight is 525 g/mol. The Morgan fingerprint density at radius 2 is 2.00 bits per heavy atom. The lowest BCUT2D eigenvalue weighted by atomic mass is 9.85. The maximum absolute atomic E-state index is 10.5. The van der Waals surface area contributed by atoms with E-state index in [-0.39, 0.29) is 18.2 Å². The van der Waals surface area contributed by atoms with Crippen molar-refractivity contribution in [1.82, 2.24) is 19.6 Å². The zero-order valence-electron chi connectivity index (χ0n) is 22.8. The SMILES string of the molecule is COC[C@H](C)Nc1ncc2c(-c3ccnc(N4CCO[C@@H](C(C)(C)O)C4)c3)cc([C@H]3CC[C@H](O)CC3)n2n1. The summed E-state index contributed by atoms with van der Waals surface area (Å²) in [5.41, 5.74) is 3.24. The number of anilines is 2. The Morgan fingerprint density at radius 1 is 1.21 bits per heavy atom. The summed E-state index contributed by atoms with van der Waals surface area (Å²) in [6, 6.07) is 6.43. The highest BCUT2D eigenvalue weighted by atomic mass is 16.5. The van der Waals surface area contributed by atoms with Gasteiger partial charge in [0, 0.05) is 49.6 Å². The van der Waals surface area contributed by atoms with Crippen molar-refractivity contribution in [3.63, 3.8) is 0 Å². The molecule has 0 spiro atoms. The van der Waals surface area contributed by atoms with Crippen LogP contribution in [0.2, 0.25) is 0 Å². The second-order valence-corrected chi connectivity index (χ2v) is 11.2. The molecule has 1 saturated carbocycles. The predicted molar refractivity (Wildman–Crippen MR) is 147 cm³/mol. The molecule has 0 bridgehead atoms. The van der Waals surface area contributed by atoms with Crippen molar-refractivity contribution in [3.8, 4) is 11.1 Å². The van der Waals surface area contributed by atoms with Crippen LogP contribution in [0.15, 0.2) is 30.6 Å². The van der Waals surface area contributed by atoms with Gasteiger partial charge in [-0.3, -0.25) is 0 Å². The molecule has 206 valence electrons. The van der Waals surface area contributed by atoms with Gasteiger partial charge in [0.05, 0.1) is 36.6 Å². The topological polar surface area (TPSA) is 117 Å². The van der Waals surface area contributed by atoms with Crippen LogP contribution < -0.4 is 10.2 Å². The van der Waals surface area contributed by atoms with Crippen molar-refractivity contribution in [2.24, 2.45) is 0 Å². The van der Waals surface area contributed by atoms with E-state index in [0.717, 1.165) is 53.8 Å². The van der Waals surface area contributed by atoms with E-state index in [1.165, 1.54) is 0 Å². The third kappa shape index (κ3) is 5.78. The van der Waals surface area contributed by atoms with E-state index in [1.54, 1.807) is 21.0 Å². The Morgan fingerprint density at radius 3 is 2.74 bits per heavy atom. The van der Waals surface area contributed by atoms with Gasteiger partial charge in [-0.2, -0.15) is 0 Å². The number of fused-ring (bicyclic) bond motifs is 1. The fourth-order valence-corrected chi connectivity index (χ4v) is 5.53. The lowest BCUT2D eigenvalue weighted by molar-refractivity contribution is -0.0929. The second kappa shape index (κ2) is 11.1. The zero-order valence-corrected chi connectivity index (χ0v) is 22.8. The molecular weight excluding hydrogens is 484 g/mol. The third-order valence-electron chi connectivity index (χ3n) is 7.69. The van der Waals surface area contributed by atoms with E-state index >= 15 is 0 Å². The van der Waals surface area contributed by atoms with Gasteiger partial charge in [-0.1, -0.05) is 0 Å². The molecule has 3 aromatic rings. The summed E-state index contributed by atoms with van der Waals surface area (Å²) in [5.74, 6) is 1.73. The summed E-state index contributed by atoms with van der Waals surface area (Å²) in [6.45, 7) is 7.98. The third-order valence-corrected chi connectivity index (χ3v) is 7.69. The summed E-state index contributed by atoms with van der Waals surface area (Å²) in [5, 5.41) is 28.8. The van der Waals surface area contributed by atoms with E-state index < -0.39 is 5.60 Å². The van der Waals surface area contributed by atoms with Crippen molar-refractivity contribution in [2.75, 3.05) is 43.6 Å². The molecule has 5 rings (SSSR count). The number of aliphatic hydroxyl groups is 2. The molecule has 1 aliphatic carbocycles. The molecule has 0 unspecified atom stereocenters. The maximum atomic E-state index is 10.5. The minimum atomic E-state index is -0.929. The highest BCUT2D eigenvalue weighted by Gasteiger charge is 2.33. The van der Waals surface area contributed by atoms with E-state index in [4.69, 9.17) is 14.6 Å². The predicted octanol–water partition coefficient (Wildman–Crippen LogP) is 3.23. The van der Waals surface area contributed by atoms with Gasteiger partial charge in [-0.15, -0.1) is 5.10 Å². The molecule has 38 heavy (non-hydrogen) atoms. The number of methoxy groups -OCH3 is 1. The molecule has 2 atom stereocenters. The fourth-order valence-electron chi connectivity index (χ4n) is 5.53. The van der Waals surface area contributed by atoms with Crippen LogP contribution in [-0.2, 0) is 9.47 Å². The Hall–Kier alpha value is -2.79. The highest BCUT2D eigenvalue weighted by Crippen LogP contribution is 2.38. The molecule has 0 aromatic carbocycles. The van der Waals surface area contributed by atoms with Crippen molar-refractivity contribution >= 4 is 17.3 Å². The molecule has 1 aliphatic heterocycles. The molecule has 1 saturated heterocycles. The van der Waals surface area contributed by atoms with Gasteiger partial charge in [0.2, 0.25) is 5.95 Å². The Kier molecular flexibility index (Phi) is 7.85. The second-order valence-electron chi connectivity index (χ2n) is 11.2. The largest absolute Gasteiger partial charge is 0.393 e. The summed E-state index contributed by atoms with van der Waals surface area (Å²) >= 11 is 0. The molecule has 4 heterocycles. The van der Waals surface area contributed by atoms with Crippen molar-refractivity contribution in [1.29, 1.82) is 0 Å². The Balaban J connectivity index is 1.51. The van der Waals surface area contributed by atoms with E-state index in [9.17, 15) is 10.2 Å². The van der Waals surface area contributed by atoms with Crippen molar-refractivity contribution < 1.29 is 19.7 Å². The molecule has 10 heteroatoms. The van der Waals surface area contributed by atoms with E-state index in [0.29, 0.717) is 38.2 Å². The van der Waals surface area contributed by atoms with Crippen LogP contribution in [0.5, 0.6) is 0 Å². The lowest BCUT2D eigenvalue weighted by Gasteiger charge is -2.39. The number of nitrogens with one attached hydrogen (secondary N) is 1. The van der Waals surface area contributed by atoms with E-state index in [1.807, 2.05) is 29.9 Å². The Labute approximate surface area is 224 Å². The van der Waals surface area contributed by atoms with Gasteiger partial charge in [-0.05, 0) is 70.2 Å². The van der Waals surface area contributed by atoms with Crippen LogP contribution in [0.25, 0.3) is 16.6 Å². The number of rotatable bonds is 8. The van der Waals surface area contributed by atoms with Crippen LogP contribution in [0.1, 0.15) is 58.1 Å². The number of morpholine rings is 1. The first-order valence-corrected chi connectivity index (χ1v) is 13.6. The molecule has 3 aromatic heterocycles. The fraction of sp³-hybridized carbons (Fsp3) is 0.607. The molecule has 0 radical (unpaired) electrons. The highest BCUT2D eigenvalue weighted by molar-refractivity contribution is 5.82. The number of aliphatic hydroxyl groups excluding tert-OH is 1. The monoisotopic (exact) mass is 524 g/mol. The zero-order chi connectivity index (χ0) is 26.9. The van der Waals surface area contributed by atoms with Gasteiger partial charge in [-0.25, -0.2) is 14.5 Å². The van der Waals surface area contributed by atoms with Gasteiger partial charge in [0.15, 0.2) is 0 Å². The number of aromatic nitrogens is 4. The van der Waals surface area contributed by atoms with Crippen LogP contribution in [-0.4, -0.2) is 87.1 Å². The van der Waals surface area contributed by atoms with Crippen LogP contribution in [0, 0.1) is 0 Å². The maximum Gasteiger partial charge on any atom is 0.241 e. The molecule has 0 amide bonds. The number of hydrogen-bond donors (Lipinski definition) is 3. The Bertz CT molecular complexity index is 1230. The summed E-state index contributed by atoms with van der Waals surface area (Å²) in [7, 11) is 1.68. The number of ether oxygens (including phenoxy) is 2. The van der Waals surface area contributed by atoms with Crippen LogP contribution in [0.4, 0.5) is 11.8 Å². The van der Waals surface area contributed by atoms with Gasteiger partial charge < -0.3 is 29.9 Å². The molecule has 2 aliphatic rings. The quantitative estimate of drug-likeness (QED) is 0.408. The average Bonchev–Trinajstić information content (AvgIpc) is 3.28. The summed E-state index contributed by atoms with van der Waals surface area (Å²) < 4.78 is 13.1. The summed E-state index contributed by atoms with van der Waals surface area (Å²) in [6.07, 6.45) is 6.65. The van der Waals surface area contributed by atoms with Gasteiger partial charge >= 0.3 is 0 Å². The lowest BCUT2D eigenvalue weighted by Crippen LogP contribution is -2.52. The van der Waals surface area contributed by atoms with E-state index in [2.05, 4.69) is 32.3 Å². The first-order valence-electron chi connectivity index (χ1n) is 13.6. The first-order chi connectivity index (χ1) is 18.2. The minimum Gasteiger partial charge on any atom is -0.393 e. The smallest absolute Gasteiger partial charge is 0.241 e. The molecular formula is C28H40N6O4. The van der Waals surface area contributed by atoms with Gasteiger partial charge in [0.25, 0.3) is 0 Å². The number of pyridine rings is 1. The summed E-state index contributed by atoms with van der Waals surface area (Å²) in [4.78, 5) is 11.5. The normalized spacial score (nSPS) is 23.5. The molecule has 2 fully saturated rings. The minimum absolute atomic E-state index is 0.0739.